The highest BCUT2D eigenvalue weighted by Gasteiger charge is 2.25. The zero-order valence-corrected chi connectivity index (χ0v) is 18.0. The van der Waals surface area contributed by atoms with Crippen LogP contribution in [-0.2, 0) is 11.3 Å². The number of amides is 3. The van der Waals surface area contributed by atoms with Crippen molar-refractivity contribution in [1.82, 2.24) is 20.9 Å². The van der Waals surface area contributed by atoms with Crippen molar-refractivity contribution in [2.45, 2.75) is 32.4 Å². The van der Waals surface area contributed by atoms with Crippen molar-refractivity contribution >= 4 is 23.3 Å². The number of benzene rings is 1. The molecule has 2 heterocycles. The average molecular weight is 433 g/mol. The van der Waals surface area contributed by atoms with Crippen LogP contribution >= 0.6 is 11.3 Å². The molecule has 1 aromatic heterocycles. The summed E-state index contributed by atoms with van der Waals surface area (Å²) < 4.78 is 12.9. The lowest BCUT2D eigenvalue weighted by Crippen LogP contribution is -2.45. The van der Waals surface area contributed by atoms with Crippen LogP contribution in [-0.4, -0.2) is 43.0 Å². The predicted molar refractivity (Wildman–Crippen MR) is 117 cm³/mol. The van der Waals surface area contributed by atoms with E-state index in [2.05, 4.69) is 39.2 Å². The van der Waals surface area contributed by atoms with Gasteiger partial charge in [-0.2, -0.15) is 0 Å². The van der Waals surface area contributed by atoms with Crippen LogP contribution in [0, 0.1) is 11.7 Å². The highest BCUT2D eigenvalue weighted by Crippen LogP contribution is 2.28. The fourth-order valence-electron chi connectivity index (χ4n) is 3.51. The van der Waals surface area contributed by atoms with Gasteiger partial charge in [0.05, 0.1) is 12.6 Å². The summed E-state index contributed by atoms with van der Waals surface area (Å²) in [5, 5.41) is 10.2. The quantitative estimate of drug-likeness (QED) is 0.599. The van der Waals surface area contributed by atoms with E-state index in [4.69, 9.17) is 0 Å². The molecular weight excluding hydrogens is 403 g/mol. The van der Waals surface area contributed by atoms with Gasteiger partial charge in [0.25, 0.3) is 0 Å². The minimum Gasteiger partial charge on any atom is -0.353 e. The van der Waals surface area contributed by atoms with Gasteiger partial charge in [-0.3, -0.25) is 9.69 Å². The number of nitrogens with zero attached hydrogens (tertiary/aromatic N) is 1. The van der Waals surface area contributed by atoms with Gasteiger partial charge in [0.2, 0.25) is 5.91 Å². The third-order valence-electron chi connectivity index (χ3n) is 5.40. The second-order valence-corrected chi connectivity index (χ2v) is 8.70. The molecule has 1 saturated heterocycles. The molecule has 1 aliphatic heterocycles. The lowest BCUT2D eigenvalue weighted by molar-refractivity contribution is -0.120. The van der Waals surface area contributed by atoms with E-state index in [0.29, 0.717) is 6.54 Å². The van der Waals surface area contributed by atoms with Gasteiger partial charge < -0.3 is 16.0 Å². The number of carbonyl (C=O) groups excluding carboxylic acids is 2. The third kappa shape index (κ3) is 6.81. The Morgan fingerprint density at radius 2 is 1.87 bits per heavy atom. The summed E-state index contributed by atoms with van der Waals surface area (Å²) in [5.74, 6) is 0.205. The third-order valence-corrected chi connectivity index (χ3v) is 6.37. The molecule has 1 atom stereocenters. The Kier molecular flexibility index (Phi) is 8.21. The molecule has 162 valence electrons. The fraction of sp³-hybridized carbons (Fsp3) is 0.455. The Morgan fingerprint density at radius 3 is 2.53 bits per heavy atom. The number of urea groups is 1. The van der Waals surface area contributed by atoms with Crippen LogP contribution in [0.1, 0.15) is 36.2 Å². The van der Waals surface area contributed by atoms with Gasteiger partial charge in [-0.05, 0) is 61.0 Å². The monoisotopic (exact) mass is 432 g/mol. The molecule has 0 spiro atoms. The molecule has 30 heavy (non-hydrogen) atoms. The predicted octanol–water partition coefficient (Wildman–Crippen LogP) is 3.28. The van der Waals surface area contributed by atoms with Crippen molar-refractivity contribution in [2.75, 3.05) is 26.2 Å². The summed E-state index contributed by atoms with van der Waals surface area (Å²) in [7, 11) is 0. The van der Waals surface area contributed by atoms with E-state index in [1.165, 1.54) is 29.9 Å². The summed E-state index contributed by atoms with van der Waals surface area (Å²) in [6, 6.07) is 9.77. The number of nitrogens with one attached hydrogen (secondary N) is 3. The first-order chi connectivity index (χ1) is 14.5. The zero-order chi connectivity index (χ0) is 21.3. The molecule has 1 aromatic carbocycles. The molecule has 3 amide bonds. The van der Waals surface area contributed by atoms with E-state index < -0.39 is 6.03 Å². The Hall–Kier alpha value is -2.45. The first-order valence-corrected chi connectivity index (χ1v) is 11.2. The van der Waals surface area contributed by atoms with E-state index in [9.17, 15) is 14.0 Å². The largest absolute Gasteiger partial charge is 0.353 e. The van der Waals surface area contributed by atoms with Gasteiger partial charge in [0.1, 0.15) is 5.82 Å². The van der Waals surface area contributed by atoms with Crippen LogP contribution < -0.4 is 16.0 Å². The molecule has 2 aromatic rings. The van der Waals surface area contributed by atoms with Crippen molar-refractivity contribution in [3.8, 4) is 0 Å². The van der Waals surface area contributed by atoms with Gasteiger partial charge in [-0.15, -0.1) is 11.3 Å². The van der Waals surface area contributed by atoms with E-state index >= 15 is 0 Å². The SMILES string of the molecule is CC1CCN(C(CNC(=O)CNC(=O)NCc2ccc(F)cc2)c2cccs2)CC1. The van der Waals surface area contributed by atoms with Crippen LogP contribution in [0.3, 0.4) is 0 Å². The molecule has 6 nitrogen and oxygen atoms in total. The Bertz CT molecular complexity index is 805. The highest BCUT2D eigenvalue weighted by atomic mass is 32.1. The molecule has 1 unspecified atom stereocenters. The van der Waals surface area contributed by atoms with Crippen molar-refractivity contribution in [1.29, 1.82) is 0 Å². The number of carbonyl (C=O) groups is 2. The standard InChI is InChI=1S/C22H29FN4O2S/c1-16-8-10-27(11-9-16)19(20-3-2-12-30-20)14-24-21(28)15-26-22(29)25-13-17-4-6-18(23)7-5-17/h2-7,12,16,19H,8-11,13-15H2,1H3,(H,24,28)(H2,25,26,29). The van der Waals surface area contributed by atoms with Gasteiger partial charge in [0.15, 0.2) is 0 Å². The Morgan fingerprint density at radius 1 is 1.13 bits per heavy atom. The average Bonchev–Trinajstić information content (AvgIpc) is 3.28. The highest BCUT2D eigenvalue weighted by molar-refractivity contribution is 7.10. The van der Waals surface area contributed by atoms with Crippen LogP contribution in [0.15, 0.2) is 41.8 Å². The summed E-state index contributed by atoms with van der Waals surface area (Å²) in [6.07, 6.45) is 2.34. The maximum absolute atomic E-state index is 12.9. The lowest BCUT2D eigenvalue weighted by Gasteiger charge is -2.36. The van der Waals surface area contributed by atoms with Crippen LogP contribution in [0.5, 0.6) is 0 Å². The van der Waals surface area contributed by atoms with Crippen molar-refractivity contribution in [3.63, 3.8) is 0 Å². The first-order valence-electron chi connectivity index (χ1n) is 10.3. The maximum atomic E-state index is 12.9. The summed E-state index contributed by atoms with van der Waals surface area (Å²) in [6.45, 7) is 5.04. The second kappa shape index (κ2) is 11.1. The van der Waals surface area contributed by atoms with Crippen LogP contribution in [0.4, 0.5) is 9.18 Å². The molecule has 0 aliphatic carbocycles. The number of likely N-dealkylation sites (tertiary alicyclic amines) is 1. The summed E-state index contributed by atoms with van der Waals surface area (Å²) in [4.78, 5) is 27.9. The number of rotatable bonds is 8. The minimum absolute atomic E-state index is 0.0938. The normalized spacial score (nSPS) is 16.1. The van der Waals surface area contributed by atoms with Crippen LogP contribution in [0.2, 0.25) is 0 Å². The molecule has 1 aliphatic rings. The van der Waals surface area contributed by atoms with Gasteiger partial charge >= 0.3 is 6.03 Å². The summed E-state index contributed by atoms with van der Waals surface area (Å²) in [5.41, 5.74) is 0.783. The number of hydrogen-bond donors (Lipinski definition) is 3. The maximum Gasteiger partial charge on any atom is 0.315 e. The summed E-state index contributed by atoms with van der Waals surface area (Å²) >= 11 is 1.70. The van der Waals surface area contributed by atoms with E-state index in [1.54, 1.807) is 23.5 Å². The van der Waals surface area contributed by atoms with Gasteiger partial charge in [-0.25, -0.2) is 9.18 Å². The smallest absolute Gasteiger partial charge is 0.315 e. The van der Waals surface area contributed by atoms with Gasteiger partial charge in [-0.1, -0.05) is 25.1 Å². The molecule has 0 radical (unpaired) electrons. The second-order valence-electron chi connectivity index (χ2n) is 7.72. The zero-order valence-electron chi connectivity index (χ0n) is 17.2. The van der Waals surface area contributed by atoms with E-state index in [-0.39, 0.29) is 30.9 Å². The van der Waals surface area contributed by atoms with Gasteiger partial charge in [0, 0.05) is 18.0 Å². The molecule has 1 fully saturated rings. The van der Waals surface area contributed by atoms with Crippen molar-refractivity contribution < 1.29 is 14.0 Å². The number of halogens is 1. The Balaban J connectivity index is 1.41. The number of hydrogen-bond acceptors (Lipinski definition) is 4. The topological polar surface area (TPSA) is 73.5 Å². The van der Waals surface area contributed by atoms with Crippen molar-refractivity contribution in [3.05, 3.63) is 58.0 Å². The number of thiophene rings is 1. The molecular formula is C22H29FN4O2S. The molecule has 8 heteroatoms. The molecule has 0 saturated carbocycles. The van der Waals surface area contributed by atoms with E-state index in [1.807, 2.05) is 6.07 Å². The molecule has 3 N–H and O–H groups in total. The van der Waals surface area contributed by atoms with E-state index in [0.717, 1.165) is 24.6 Å². The number of piperidine rings is 1. The first kappa shape index (κ1) is 22.2. The molecule has 3 rings (SSSR count). The fourth-order valence-corrected chi connectivity index (χ4v) is 4.37. The van der Waals surface area contributed by atoms with Crippen molar-refractivity contribution in [2.24, 2.45) is 5.92 Å². The molecule has 0 bridgehead atoms. The van der Waals surface area contributed by atoms with Crippen LogP contribution in [0.25, 0.3) is 0 Å². The lowest BCUT2D eigenvalue weighted by atomic mass is 9.97. The minimum atomic E-state index is -0.436. The Labute approximate surface area is 180 Å².